The van der Waals surface area contributed by atoms with Crippen molar-refractivity contribution in [2.45, 2.75) is 38.9 Å². The first-order valence-electron chi connectivity index (χ1n) is 8.13. The van der Waals surface area contributed by atoms with Crippen LogP contribution in [0.25, 0.3) is 0 Å². The molecule has 0 bridgehead atoms. The molecule has 1 amide bonds. The normalized spacial score (nSPS) is 21.2. The van der Waals surface area contributed by atoms with Gasteiger partial charge in [-0.1, -0.05) is 5.16 Å². The zero-order valence-electron chi connectivity index (χ0n) is 13.2. The van der Waals surface area contributed by atoms with Gasteiger partial charge < -0.3 is 9.84 Å². The Hall–Kier alpha value is -2.15. The molecule has 2 aliphatic rings. The van der Waals surface area contributed by atoms with E-state index in [1.165, 1.54) is 12.8 Å². The summed E-state index contributed by atoms with van der Waals surface area (Å²) in [6.45, 7) is 4.74. The average molecular weight is 315 g/mol. The van der Waals surface area contributed by atoms with Crippen LogP contribution < -0.4 is 5.32 Å². The van der Waals surface area contributed by atoms with Gasteiger partial charge in [0.1, 0.15) is 11.8 Å². The van der Waals surface area contributed by atoms with Crippen molar-refractivity contribution in [1.29, 1.82) is 0 Å². The van der Waals surface area contributed by atoms with Crippen molar-refractivity contribution in [2.75, 3.05) is 13.1 Å². The Balaban J connectivity index is 1.47. The van der Waals surface area contributed by atoms with Gasteiger partial charge in [0.2, 0.25) is 5.91 Å². The lowest BCUT2D eigenvalue weighted by Crippen LogP contribution is -2.45. The summed E-state index contributed by atoms with van der Waals surface area (Å²) in [5.41, 5.74) is 1.95. The second kappa shape index (κ2) is 5.81. The van der Waals surface area contributed by atoms with E-state index in [0.717, 1.165) is 30.2 Å². The van der Waals surface area contributed by atoms with E-state index in [1.807, 2.05) is 23.7 Å². The van der Waals surface area contributed by atoms with Crippen LogP contribution in [0, 0.1) is 12.8 Å². The topological polar surface area (TPSA) is 76.2 Å². The number of aromatic nitrogens is 3. The number of carbonyl (C=O) groups is 1. The van der Waals surface area contributed by atoms with Gasteiger partial charge in [0.25, 0.3) is 0 Å². The second-order valence-corrected chi connectivity index (χ2v) is 6.57. The monoisotopic (exact) mass is 315 g/mol. The van der Waals surface area contributed by atoms with Crippen LogP contribution in [0.4, 0.5) is 0 Å². The Morgan fingerprint density at radius 2 is 2.35 bits per heavy atom. The van der Waals surface area contributed by atoms with Gasteiger partial charge in [0.15, 0.2) is 0 Å². The molecule has 1 saturated carbocycles. The molecule has 122 valence electrons. The van der Waals surface area contributed by atoms with E-state index in [4.69, 9.17) is 4.52 Å². The molecule has 0 aromatic carbocycles. The summed E-state index contributed by atoms with van der Waals surface area (Å²) < 4.78 is 6.99. The number of fused-ring (bicyclic) bond motifs is 1. The molecule has 7 heteroatoms. The molecular formula is C16H21N5O2. The van der Waals surface area contributed by atoms with Crippen molar-refractivity contribution in [3.8, 4) is 0 Å². The van der Waals surface area contributed by atoms with E-state index in [0.29, 0.717) is 19.0 Å². The third-order valence-electron chi connectivity index (χ3n) is 4.49. The lowest BCUT2D eigenvalue weighted by Gasteiger charge is -2.32. The van der Waals surface area contributed by atoms with Gasteiger partial charge in [0, 0.05) is 38.4 Å². The maximum atomic E-state index is 12.6. The molecule has 1 atom stereocenters. The molecule has 1 fully saturated rings. The van der Waals surface area contributed by atoms with Crippen molar-refractivity contribution >= 4 is 5.91 Å². The minimum absolute atomic E-state index is 0.0582. The standard InChI is InChI=1S/C16H21N5O2/c1-11-6-13(19-23-11)8-20-9-14-4-5-18-21(14)15(10-20)16(22)17-7-12-2-3-12/h4-6,12,15H,2-3,7-10H2,1H3,(H,17,22)/t15-/m1/s1. The van der Waals surface area contributed by atoms with Gasteiger partial charge in [-0.15, -0.1) is 0 Å². The van der Waals surface area contributed by atoms with E-state index in [-0.39, 0.29) is 11.9 Å². The fourth-order valence-corrected chi connectivity index (χ4v) is 3.08. The summed E-state index contributed by atoms with van der Waals surface area (Å²) in [7, 11) is 0. The molecule has 1 aliphatic heterocycles. The number of carbonyl (C=O) groups excluding carboxylic acids is 1. The molecule has 23 heavy (non-hydrogen) atoms. The number of aryl methyl sites for hydroxylation is 1. The first-order valence-corrected chi connectivity index (χ1v) is 8.13. The van der Waals surface area contributed by atoms with E-state index in [9.17, 15) is 4.79 Å². The van der Waals surface area contributed by atoms with Crippen LogP contribution >= 0.6 is 0 Å². The number of hydrogen-bond donors (Lipinski definition) is 1. The van der Waals surface area contributed by atoms with E-state index in [1.54, 1.807) is 6.20 Å². The Kier molecular flexibility index (Phi) is 3.65. The molecule has 0 unspecified atom stereocenters. The van der Waals surface area contributed by atoms with Crippen molar-refractivity contribution in [3.05, 3.63) is 35.5 Å². The molecular weight excluding hydrogens is 294 g/mol. The fraction of sp³-hybridized carbons (Fsp3) is 0.562. The van der Waals surface area contributed by atoms with Crippen LogP contribution in [-0.4, -0.2) is 38.8 Å². The van der Waals surface area contributed by atoms with Crippen molar-refractivity contribution < 1.29 is 9.32 Å². The van der Waals surface area contributed by atoms with Crippen LogP contribution in [-0.2, 0) is 17.9 Å². The van der Waals surface area contributed by atoms with Gasteiger partial charge >= 0.3 is 0 Å². The minimum atomic E-state index is -0.277. The Morgan fingerprint density at radius 3 is 3.09 bits per heavy atom. The Labute approximate surface area is 134 Å². The molecule has 0 spiro atoms. The maximum Gasteiger partial charge on any atom is 0.246 e. The highest BCUT2D eigenvalue weighted by atomic mass is 16.5. The lowest BCUT2D eigenvalue weighted by atomic mass is 10.1. The largest absolute Gasteiger partial charge is 0.361 e. The van der Waals surface area contributed by atoms with Gasteiger partial charge in [-0.2, -0.15) is 5.10 Å². The molecule has 0 saturated heterocycles. The van der Waals surface area contributed by atoms with Gasteiger partial charge in [0.05, 0.1) is 11.4 Å². The summed E-state index contributed by atoms with van der Waals surface area (Å²) >= 11 is 0. The van der Waals surface area contributed by atoms with Gasteiger partial charge in [-0.05, 0) is 31.7 Å². The number of hydrogen-bond acceptors (Lipinski definition) is 5. The number of nitrogens with one attached hydrogen (secondary N) is 1. The zero-order chi connectivity index (χ0) is 15.8. The Morgan fingerprint density at radius 1 is 1.48 bits per heavy atom. The van der Waals surface area contributed by atoms with Crippen LogP contribution in [0.5, 0.6) is 0 Å². The van der Waals surface area contributed by atoms with E-state index < -0.39 is 0 Å². The summed E-state index contributed by atoms with van der Waals surface area (Å²) in [6, 6.07) is 3.63. The molecule has 3 heterocycles. The fourth-order valence-electron chi connectivity index (χ4n) is 3.08. The van der Waals surface area contributed by atoms with Crippen molar-refractivity contribution in [2.24, 2.45) is 5.92 Å². The van der Waals surface area contributed by atoms with Crippen molar-refractivity contribution in [3.63, 3.8) is 0 Å². The van der Waals surface area contributed by atoms with Crippen LogP contribution in [0.1, 0.15) is 36.0 Å². The van der Waals surface area contributed by atoms with Gasteiger partial charge in [-0.25, -0.2) is 0 Å². The SMILES string of the molecule is Cc1cc(CN2Cc3ccnn3[C@@H](C(=O)NCC3CC3)C2)no1. The quantitative estimate of drug-likeness (QED) is 0.899. The molecule has 2 aromatic rings. The number of rotatable bonds is 5. The lowest BCUT2D eigenvalue weighted by molar-refractivity contribution is -0.126. The van der Waals surface area contributed by atoms with Crippen LogP contribution in [0.15, 0.2) is 22.9 Å². The summed E-state index contributed by atoms with van der Waals surface area (Å²) in [6.07, 6.45) is 4.23. The summed E-state index contributed by atoms with van der Waals surface area (Å²) in [4.78, 5) is 14.8. The third kappa shape index (κ3) is 3.14. The highest BCUT2D eigenvalue weighted by Gasteiger charge is 2.32. The predicted molar refractivity (Wildman–Crippen MR) is 82.4 cm³/mol. The van der Waals surface area contributed by atoms with Crippen LogP contribution in [0.3, 0.4) is 0 Å². The highest BCUT2D eigenvalue weighted by Crippen LogP contribution is 2.28. The van der Waals surface area contributed by atoms with Crippen molar-refractivity contribution in [1.82, 2.24) is 25.2 Å². The van der Waals surface area contributed by atoms with Gasteiger partial charge in [-0.3, -0.25) is 14.4 Å². The average Bonchev–Trinajstić information content (AvgIpc) is 3.10. The maximum absolute atomic E-state index is 12.6. The molecule has 1 N–H and O–H groups in total. The minimum Gasteiger partial charge on any atom is -0.361 e. The van der Waals surface area contributed by atoms with E-state index in [2.05, 4.69) is 20.5 Å². The first kappa shape index (κ1) is 14.4. The predicted octanol–water partition coefficient (Wildman–Crippen LogP) is 1.26. The molecule has 2 aromatic heterocycles. The molecule has 1 aliphatic carbocycles. The Bertz CT molecular complexity index is 703. The third-order valence-corrected chi connectivity index (χ3v) is 4.49. The molecule has 4 rings (SSSR count). The summed E-state index contributed by atoms with van der Waals surface area (Å²) in [5.74, 6) is 1.54. The zero-order valence-corrected chi connectivity index (χ0v) is 13.2. The molecule has 0 radical (unpaired) electrons. The highest BCUT2D eigenvalue weighted by molar-refractivity contribution is 5.80. The second-order valence-electron chi connectivity index (χ2n) is 6.57. The summed E-state index contributed by atoms with van der Waals surface area (Å²) in [5, 5.41) is 11.5. The number of nitrogens with zero attached hydrogens (tertiary/aromatic N) is 4. The molecule has 7 nitrogen and oxygen atoms in total. The number of amides is 1. The van der Waals surface area contributed by atoms with E-state index >= 15 is 0 Å². The van der Waals surface area contributed by atoms with Crippen LogP contribution in [0.2, 0.25) is 0 Å². The smallest absolute Gasteiger partial charge is 0.246 e. The first-order chi connectivity index (χ1) is 11.2.